The third-order valence-electron chi connectivity index (χ3n) is 4.06. The molecule has 6 heteroatoms. The first kappa shape index (κ1) is 15.6. The summed E-state index contributed by atoms with van der Waals surface area (Å²) < 4.78 is 13.0. The van der Waals surface area contributed by atoms with Gasteiger partial charge < -0.3 is 10.3 Å². The lowest BCUT2D eigenvalue weighted by molar-refractivity contribution is -0.118. The predicted molar refractivity (Wildman–Crippen MR) is 87.4 cm³/mol. The molecule has 23 heavy (non-hydrogen) atoms. The molecule has 0 unspecified atom stereocenters. The molecule has 2 heterocycles. The Morgan fingerprint density at radius 1 is 1.17 bits per heavy atom. The summed E-state index contributed by atoms with van der Waals surface area (Å²) >= 11 is 0. The van der Waals surface area contributed by atoms with E-state index in [1.54, 1.807) is 19.1 Å². The van der Waals surface area contributed by atoms with Gasteiger partial charge in [-0.15, -0.1) is 0 Å². The Labute approximate surface area is 135 Å². The first-order valence-electron chi connectivity index (χ1n) is 7.78. The molecule has 5 nitrogen and oxygen atoms in total. The van der Waals surface area contributed by atoms with Crippen molar-refractivity contribution in [2.45, 2.75) is 6.92 Å². The van der Waals surface area contributed by atoms with Crippen LogP contribution in [-0.2, 0) is 4.79 Å². The molecule has 1 aromatic rings. The average Bonchev–Trinajstić information content (AvgIpc) is 2.56. The van der Waals surface area contributed by atoms with E-state index in [-0.39, 0.29) is 11.6 Å². The van der Waals surface area contributed by atoms with Gasteiger partial charge in [0.25, 0.3) is 0 Å². The number of ketones is 1. The molecule has 0 bridgehead atoms. The Balaban J connectivity index is 1.66. The van der Waals surface area contributed by atoms with Crippen LogP contribution < -0.4 is 10.9 Å². The van der Waals surface area contributed by atoms with Crippen molar-refractivity contribution < 1.29 is 9.18 Å². The lowest BCUT2D eigenvalue weighted by Crippen LogP contribution is -2.50. The van der Waals surface area contributed by atoms with Crippen LogP contribution in [0.4, 0.5) is 4.39 Å². The van der Waals surface area contributed by atoms with E-state index in [2.05, 4.69) is 26.7 Å². The second-order valence-corrected chi connectivity index (χ2v) is 5.87. The molecule has 2 N–H and O–H groups in total. The summed E-state index contributed by atoms with van der Waals surface area (Å²) in [6.45, 7) is 5.62. The van der Waals surface area contributed by atoms with Crippen LogP contribution >= 0.6 is 0 Å². The third kappa shape index (κ3) is 3.90. The van der Waals surface area contributed by atoms with Crippen molar-refractivity contribution in [2.24, 2.45) is 0 Å². The van der Waals surface area contributed by atoms with Crippen molar-refractivity contribution >= 4 is 11.4 Å². The maximum absolute atomic E-state index is 13.0. The van der Waals surface area contributed by atoms with E-state index in [1.807, 2.05) is 6.20 Å². The fourth-order valence-corrected chi connectivity index (χ4v) is 2.85. The number of piperazine rings is 1. The number of benzene rings is 1. The molecule has 2 aliphatic heterocycles. The zero-order chi connectivity index (χ0) is 16.2. The van der Waals surface area contributed by atoms with Gasteiger partial charge in [0.15, 0.2) is 0 Å². The van der Waals surface area contributed by atoms with E-state index in [0.717, 1.165) is 43.1 Å². The normalized spacial score (nSPS) is 18.6. The van der Waals surface area contributed by atoms with E-state index < -0.39 is 0 Å². The van der Waals surface area contributed by atoms with Crippen LogP contribution in [0.25, 0.3) is 5.57 Å². The van der Waals surface area contributed by atoms with Crippen molar-refractivity contribution in [1.82, 2.24) is 20.7 Å². The quantitative estimate of drug-likeness (QED) is 0.877. The summed E-state index contributed by atoms with van der Waals surface area (Å²) in [7, 11) is 0. The molecular formula is C17H21FN4O. The molecule has 0 aliphatic carbocycles. The molecule has 0 spiro atoms. The lowest BCUT2D eigenvalue weighted by atomic mass is 10.1. The topological polar surface area (TPSA) is 47.6 Å². The highest BCUT2D eigenvalue weighted by Crippen LogP contribution is 2.20. The van der Waals surface area contributed by atoms with Gasteiger partial charge in [0.1, 0.15) is 17.4 Å². The summed E-state index contributed by atoms with van der Waals surface area (Å²) in [5.74, 6) is 0.966. The first-order valence-corrected chi connectivity index (χ1v) is 7.78. The van der Waals surface area contributed by atoms with Crippen molar-refractivity contribution in [3.63, 3.8) is 0 Å². The number of nitrogens with one attached hydrogen (secondary N) is 2. The largest absolute Gasteiger partial charge is 0.355 e. The number of carbonyl (C=O) groups excluding carboxylic acids is 1. The van der Waals surface area contributed by atoms with Gasteiger partial charge in [-0.1, -0.05) is 12.1 Å². The van der Waals surface area contributed by atoms with Crippen LogP contribution in [0.3, 0.4) is 0 Å². The van der Waals surface area contributed by atoms with Crippen LogP contribution in [0.15, 0.2) is 42.4 Å². The van der Waals surface area contributed by atoms with Crippen molar-refractivity contribution in [3.8, 4) is 0 Å². The van der Waals surface area contributed by atoms with Gasteiger partial charge in [-0.2, -0.15) is 0 Å². The fraction of sp³-hybridized carbons (Fsp3) is 0.353. The van der Waals surface area contributed by atoms with E-state index in [1.165, 1.54) is 12.1 Å². The van der Waals surface area contributed by atoms with Crippen LogP contribution in [0.1, 0.15) is 12.5 Å². The number of Topliss-reactive ketones (excluding diaryl/α,β-unsaturated/α-hetero) is 1. The van der Waals surface area contributed by atoms with Gasteiger partial charge in [-0.3, -0.25) is 15.1 Å². The molecule has 0 radical (unpaired) electrons. The van der Waals surface area contributed by atoms with Gasteiger partial charge in [-0.05, 0) is 30.7 Å². The first-order chi connectivity index (χ1) is 11.1. The number of hydrogen-bond donors (Lipinski definition) is 2. The molecule has 0 aromatic heterocycles. The Bertz CT molecular complexity index is 630. The third-order valence-corrected chi connectivity index (χ3v) is 4.06. The highest BCUT2D eigenvalue weighted by molar-refractivity contribution is 5.77. The number of nitrogens with zero attached hydrogens (tertiary/aromatic N) is 2. The molecule has 3 rings (SSSR count). The molecule has 1 saturated heterocycles. The summed E-state index contributed by atoms with van der Waals surface area (Å²) in [6, 6.07) is 6.47. The Morgan fingerprint density at radius 2 is 1.87 bits per heavy atom. The average molecular weight is 316 g/mol. The molecular weight excluding hydrogens is 295 g/mol. The SMILES string of the molecule is CC(=O)CN1CCN(C2=CC(c3ccc(F)cc3)=CNN2)CC1. The van der Waals surface area contributed by atoms with E-state index in [4.69, 9.17) is 0 Å². The zero-order valence-electron chi connectivity index (χ0n) is 13.2. The zero-order valence-corrected chi connectivity index (χ0v) is 13.2. The Hall–Kier alpha value is -2.34. The number of carbonyl (C=O) groups is 1. The molecule has 2 aliphatic rings. The minimum atomic E-state index is -0.234. The van der Waals surface area contributed by atoms with E-state index in [9.17, 15) is 9.18 Å². The minimum absolute atomic E-state index is 0.205. The second-order valence-electron chi connectivity index (χ2n) is 5.87. The number of allylic oxidation sites excluding steroid dienone is 2. The maximum Gasteiger partial charge on any atom is 0.143 e. The second kappa shape index (κ2) is 6.83. The molecule has 0 saturated carbocycles. The molecule has 0 atom stereocenters. The highest BCUT2D eigenvalue weighted by atomic mass is 19.1. The molecule has 1 aromatic carbocycles. The van der Waals surface area contributed by atoms with Gasteiger partial charge in [-0.25, -0.2) is 4.39 Å². The lowest BCUT2D eigenvalue weighted by Gasteiger charge is -2.37. The van der Waals surface area contributed by atoms with Crippen LogP contribution in [0, 0.1) is 5.82 Å². The van der Waals surface area contributed by atoms with Gasteiger partial charge in [0, 0.05) is 38.0 Å². The number of rotatable bonds is 4. The molecule has 1 fully saturated rings. The Kier molecular flexibility index (Phi) is 4.62. The summed E-state index contributed by atoms with van der Waals surface area (Å²) in [4.78, 5) is 15.6. The summed E-state index contributed by atoms with van der Waals surface area (Å²) in [6.07, 6.45) is 3.92. The monoisotopic (exact) mass is 316 g/mol. The van der Waals surface area contributed by atoms with Crippen LogP contribution in [0.5, 0.6) is 0 Å². The summed E-state index contributed by atoms with van der Waals surface area (Å²) in [5.41, 5.74) is 8.18. The molecule has 0 amide bonds. The fourth-order valence-electron chi connectivity index (χ4n) is 2.85. The highest BCUT2D eigenvalue weighted by Gasteiger charge is 2.20. The predicted octanol–water partition coefficient (Wildman–Crippen LogP) is 1.32. The number of hydrazine groups is 1. The standard InChI is InChI=1S/C17H21FN4O/c1-13(23)12-21-6-8-22(9-7-21)17-10-15(11-19-20-17)14-2-4-16(18)5-3-14/h2-5,10-11,19-20H,6-9,12H2,1H3. The van der Waals surface area contributed by atoms with Gasteiger partial charge in [0.2, 0.25) is 0 Å². The smallest absolute Gasteiger partial charge is 0.143 e. The number of halogens is 1. The minimum Gasteiger partial charge on any atom is -0.355 e. The maximum atomic E-state index is 13.0. The van der Waals surface area contributed by atoms with Crippen molar-refractivity contribution in [3.05, 3.63) is 53.7 Å². The van der Waals surface area contributed by atoms with Crippen molar-refractivity contribution in [2.75, 3.05) is 32.7 Å². The molecule has 122 valence electrons. The van der Waals surface area contributed by atoms with Gasteiger partial charge >= 0.3 is 0 Å². The number of hydrogen-bond acceptors (Lipinski definition) is 5. The summed E-state index contributed by atoms with van der Waals surface area (Å²) in [5, 5.41) is 0. The Morgan fingerprint density at radius 3 is 2.52 bits per heavy atom. The van der Waals surface area contributed by atoms with E-state index >= 15 is 0 Å². The van der Waals surface area contributed by atoms with Crippen LogP contribution in [-0.4, -0.2) is 48.3 Å². The van der Waals surface area contributed by atoms with Crippen molar-refractivity contribution in [1.29, 1.82) is 0 Å². The van der Waals surface area contributed by atoms with Gasteiger partial charge in [0.05, 0.1) is 6.54 Å². The van der Waals surface area contributed by atoms with Crippen LogP contribution in [0.2, 0.25) is 0 Å². The van der Waals surface area contributed by atoms with E-state index in [0.29, 0.717) is 6.54 Å².